The van der Waals surface area contributed by atoms with E-state index in [0.29, 0.717) is 41.2 Å². The number of aliphatic hydroxyl groups is 2. The molecule has 0 bridgehead atoms. The maximum absolute atomic E-state index is 15.0. The van der Waals surface area contributed by atoms with Gasteiger partial charge in [-0.3, -0.25) is 9.88 Å². The molecule has 0 unspecified atom stereocenters. The van der Waals surface area contributed by atoms with Crippen LogP contribution in [0, 0.1) is 5.82 Å². The van der Waals surface area contributed by atoms with Crippen molar-refractivity contribution in [2.24, 2.45) is 5.16 Å². The third-order valence-corrected chi connectivity index (χ3v) is 5.68. The Balaban J connectivity index is 1.27. The van der Waals surface area contributed by atoms with Gasteiger partial charge in [-0.1, -0.05) is 16.4 Å². The van der Waals surface area contributed by atoms with E-state index in [-0.39, 0.29) is 6.54 Å². The molecule has 2 N–H and O–H groups in total. The predicted octanol–water partition coefficient (Wildman–Crippen LogP) is 1.35. The molecule has 3 aromatic rings. The van der Waals surface area contributed by atoms with Gasteiger partial charge in [-0.15, -0.1) is 5.10 Å². The highest BCUT2D eigenvalue weighted by Crippen LogP contribution is 2.29. The number of hydrogen-bond donors (Lipinski definition) is 2. The third kappa shape index (κ3) is 4.32. The topological polar surface area (TPSA) is 135 Å². The molecule has 1 saturated heterocycles. The van der Waals surface area contributed by atoms with Crippen LogP contribution in [0.5, 0.6) is 0 Å². The van der Waals surface area contributed by atoms with Crippen molar-refractivity contribution >= 4 is 17.5 Å². The number of oxime groups is 1. The number of hydrogen-bond acceptors (Lipinski definition) is 9. The summed E-state index contributed by atoms with van der Waals surface area (Å²) < 4.78 is 21.9. The second kappa shape index (κ2) is 9.15. The van der Waals surface area contributed by atoms with E-state index in [2.05, 4.69) is 20.5 Å². The van der Waals surface area contributed by atoms with Crippen LogP contribution in [0.1, 0.15) is 12.1 Å². The Morgan fingerprint density at radius 2 is 2.15 bits per heavy atom. The number of aliphatic hydroxyl groups excluding tert-OH is 2. The summed E-state index contributed by atoms with van der Waals surface area (Å²) in [6.07, 6.45) is 2.41. The largest absolute Gasteiger partial charge is 0.442 e. The highest BCUT2D eigenvalue weighted by Gasteiger charge is 2.33. The molecule has 2 aliphatic heterocycles. The van der Waals surface area contributed by atoms with Gasteiger partial charge >= 0.3 is 6.09 Å². The maximum Gasteiger partial charge on any atom is 0.414 e. The Labute approximate surface area is 193 Å². The number of halogens is 1. The molecule has 0 radical (unpaired) electrons. The van der Waals surface area contributed by atoms with E-state index in [9.17, 15) is 14.3 Å². The predicted molar refractivity (Wildman–Crippen MR) is 116 cm³/mol. The summed E-state index contributed by atoms with van der Waals surface area (Å²) in [5.41, 5.74) is 2.34. The van der Waals surface area contributed by atoms with Gasteiger partial charge < -0.3 is 19.8 Å². The summed E-state index contributed by atoms with van der Waals surface area (Å²) in [4.78, 5) is 23.2. The van der Waals surface area contributed by atoms with E-state index < -0.39 is 36.8 Å². The Kier molecular flexibility index (Phi) is 5.90. The van der Waals surface area contributed by atoms with E-state index >= 15 is 0 Å². The molecule has 12 heteroatoms. The average Bonchev–Trinajstić information content (AvgIpc) is 3.61. The number of anilines is 1. The first-order valence-corrected chi connectivity index (χ1v) is 10.6. The van der Waals surface area contributed by atoms with Crippen LogP contribution in [0.3, 0.4) is 0 Å². The molecule has 0 spiro atoms. The van der Waals surface area contributed by atoms with Crippen molar-refractivity contribution in [3.63, 3.8) is 0 Å². The number of rotatable bonds is 7. The van der Waals surface area contributed by atoms with Crippen LogP contribution in [0.15, 0.2) is 54.1 Å². The Hall–Kier alpha value is -3.90. The standard InChI is InChI=1S/C22H21FN6O5/c23-17-7-14(29-11-15(33-22(29)32)10-28-6-5-25-27-28)2-3-16(17)13-1-4-18(24-9-13)19-8-21(34-26-19)20(31)12-30/h1-7,9,15,20-21,30-31H,8,10-12H2/t15-,20+,21-/m0/s1. The number of benzene rings is 1. The van der Waals surface area contributed by atoms with Crippen molar-refractivity contribution in [3.8, 4) is 11.1 Å². The van der Waals surface area contributed by atoms with Gasteiger partial charge in [-0.25, -0.2) is 13.9 Å². The molecule has 0 saturated carbocycles. The van der Waals surface area contributed by atoms with Crippen LogP contribution in [-0.4, -0.2) is 73.5 Å². The normalized spacial score (nSPS) is 20.7. The minimum absolute atomic E-state index is 0.268. The van der Waals surface area contributed by atoms with Crippen molar-refractivity contribution in [3.05, 3.63) is 60.4 Å². The van der Waals surface area contributed by atoms with Gasteiger partial charge in [0.1, 0.15) is 23.7 Å². The van der Waals surface area contributed by atoms with Crippen molar-refractivity contribution < 1.29 is 29.0 Å². The number of nitrogens with zero attached hydrogens (tertiary/aromatic N) is 6. The first-order valence-electron chi connectivity index (χ1n) is 10.6. The lowest BCUT2D eigenvalue weighted by Gasteiger charge is -2.14. The second-order valence-corrected chi connectivity index (χ2v) is 7.97. The van der Waals surface area contributed by atoms with Crippen LogP contribution in [0.4, 0.5) is 14.9 Å². The molecule has 1 amide bonds. The van der Waals surface area contributed by atoms with E-state index in [1.165, 1.54) is 23.4 Å². The molecular formula is C22H21FN6O5. The van der Waals surface area contributed by atoms with Crippen molar-refractivity contribution in [2.75, 3.05) is 18.1 Å². The molecule has 2 aliphatic rings. The number of pyridine rings is 1. The summed E-state index contributed by atoms with van der Waals surface area (Å²) in [5, 5.41) is 30.2. The quantitative estimate of drug-likeness (QED) is 0.531. The zero-order valence-corrected chi connectivity index (χ0v) is 17.9. The molecule has 0 aliphatic carbocycles. The molecule has 34 heavy (non-hydrogen) atoms. The SMILES string of the molecule is O=C1O[C@@H](Cn2ccnn2)CN1c1ccc(-c2ccc(C3=NO[C@H]([C@H](O)CO)C3)nc2)c(F)c1. The van der Waals surface area contributed by atoms with E-state index in [1.807, 2.05) is 0 Å². The fourth-order valence-corrected chi connectivity index (χ4v) is 3.87. The molecule has 1 fully saturated rings. The van der Waals surface area contributed by atoms with E-state index in [0.717, 1.165) is 0 Å². The van der Waals surface area contributed by atoms with Crippen LogP contribution in [0.2, 0.25) is 0 Å². The van der Waals surface area contributed by atoms with Crippen LogP contribution in [-0.2, 0) is 16.1 Å². The molecule has 3 atom stereocenters. The minimum atomic E-state index is -1.03. The number of carbonyl (C=O) groups is 1. The fraction of sp³-hybridized carbons (Fsp3) is 0.318. The number of carbonyl (C=O) groups excluding carboxylic acids is 1. The van der Waals surface area contributed by atoms with Gasteiger partial charge in [-0.05, 0) is 24.3 Å². The zero-order valence-electron chi connectivity index (χ0n) is 17.9. The molecule has 11 nitrogen and oxygen atoms in total. The summed E-state index contributed by atoms with van der Waals surface area (Å²) in [6, 6.07) is 7.92. The van der Waals surface area contributed by atoms with E-state index in [4.69, 9.17) is 14.7 Å². The molecule has 5 rings (SSSR count). The summed E-state index contributed by atoms with van der Waals surface area (Å²) in [5.74, 6) is -0.507. The van der Waals surface area contributed by atoms with Crippen molar-refractivity contribution in [2.45, 2.75) is 31.3 Å². The van der Waals surface area contributed by atoms with Gasteiger partial charge in [0.25, 0.3) is 0 Å². The first-order chi connectivity index (χ1) is 16.5. The van der Waals surface area contributed by atoms with Gasteiger partial charge in [0.2, 0.25) is 0 Å². The summed E-state index contributed by atoms with van der Waals surface area (Å²) in [7, 11) is 0. The molecular weight excluding hydrogens is 447 g/mol. The average molecular weight is 468 g/mol. The van der Waals surface area contributed by atoms with E-state index in [1.54, 1.807) is 35.1 Å². The van der Waals surface area contributed by atoms with Gasteiger partial charge in [-0.2, -0.15) is 0 Å². The summed E-state index contributed by atoms with van der Waals surface area (Å²) in [6.45, 7) is 0.202. The molecule has 176 valence electrons. The van der Waals surface area contributed by atoms with Crippen LogP contribution >= 0.6 is 0 Å². The fourth-order valence-electron chi connectivity index (χ4n) is 3.87. The number of aromatic nitrogens is 4. The monoisotopic (exact) mass is 468 g/mol. The number of cyclic esters (lactones) is 1. The molecule has 2 aromatic heterocycles. The number of ether oxygens (including phenoxy) is 1. The Morgan fingerprint density at radius 1 is 1.26 bits per heavy atom. The zero-order chi connectivity index (χ0) is 23.7. The van der Waals surface area contributed by atoms with Gasteiger partial charge in [0.05, 0.1) is 37.3 Å². The van der Waals surface area contributed by atoms with Crippen molar-refractivity contribution in [1.82, 2.24) is 20.0 Å². The minimum Gasteiger partial charge on any atom is -0.442 e. The highest BCUT2D eigenvalue weighted by atomic mass is 19.1. The van der Waals surface area contributed by atoms with Crippen molar-refractivity contribution in [1.29, 1.82) is 0 Å². The van der Waals surface area contributed by atoms with Gasteiger partial charge in [0, 0.05) is 29.9 Å². The highest BCUT2D eigenvalue weighted by molar-refractivity contribution is 5.99. The van der Waals surface area contributed by atoms with Crippen LogP contribution in [0.25, 0.3) is 11.1 Å². The molecule has 4 heterocycles. The third-order valence-electron chi connectivity index (χ3n) is 5.68. The Bertz CT molecular complexity index is 1200. The van der Waals surface area contributed by atoms with Gasteiger partial charge in [0.15, 0.2) is 6.10 Å². The Morgan fingerprint density at radius 3 is 2.85 bits per heavy atom. The summed E-state index contributed by atoms with van der Waals surface area (Å²) >= 11 is 0. The second-order valence-electron chi connectivity index (χ2n) is 7.97. The molecule has 1 aromatic carbocycles. The lowest BCUT2D eigenvalue weighted by molar-refractivity contribution is -0.0407. The van der Waals surface area contributed by atoms with Crippen LogP contribution < -0.4 is 4.90 Å². The smallest absolute Gasteiger partial charge is 0.414 e. The maximum atomic E-state index is 15.0. The lowest BCUT2D eigenvalue weighted by Crippen LogP contribution is -2.29. The number of amides is 1. The first kappa shape index (κ1) is 21.9. The lowest BCUT2D eigenvalue weighted by atomic mass is 10.0.